The number of halogens is 3. The normalized spacial score (nSPS) is 10.5. The first-order chi connectivity index (χ1) is 10.0. The van der Waals surface area contributed by atoms with Gasteiger partial charge in [0.05, 0.1) is 10.6 Å². The van der Waals surface area contributed by atoms with Crippen LogP contribution in [0.4, 0.5) is 0 Å². The molecular weight excluding hydrogens is 331 g/mol. The molecule has 110 valence electrons. The highest BCUT2D eigenvalue weighted by Crippen LogP contribution is 2.22. The molecule has 1 heterocycles. The maximum absolute atomic E-state index is 12.6. The summed E-state index contributed by atoms with van der Waals surface area (Å²) in [7, 11) is 0. The Hall–Kier alpha value is -1.29. The van der Waals surface area contributed by atoms with Crippen molar-refractivity contribution < 1.29 is 4.79 Å². The zero-order valence-electron chi connectivity index (χ0n) is 11.3. The lowest BCUT2D eigenvalue weighted by Crippen LogP contribution is -2.30. The molecule has 1 aromatic heterocycles. The van der Waals surface area contributed by atoms with Crippen LogP contribution in [0.2, 0.25) is 15.2 Å². The van der Waals surface area contributed by atoms with Crippen LogP contribution >= 0.6 is 34.8 Å². The van der Waals surface area contributed by atoms with Crippen molar-refractivity contribution in [2.75, 3.05) is 6.54 Å². The molecule has 21 heavy (non-hydrogen) atoms. The number of aromatic nitrogens is 1. The summed E-state index contributed by atoms with van der Waals surface area (Å²) in [6, 6.07) is 8.89. The van der Waals surface area contributed by atoms with Gasteiger partial charge in [-0.05, 0) is 24.6 Å². The van der Waals surface area contributed by atoms with Gasteiger partial charge < -0.3 is 4.90 Å². The van der Waals surface area contributed by atoms with Crippen LogP contribution in [-0.4, -0.2) is 22.3 Å². The van der Waals surface area contributed by atoms with Crippen LogP contribution in [-0.2, 0) is 6.54 Å². The minimum atomic E-state index is -0.202. The van der Waals surface area contributed by atoms with Crippen LogP contribution in [0, 0.1) is 0 Å². The first kappa shape index (κ1) is 16.1. The topological polar surface area (TPSA) is 33.2 Å². The van der Waals surface area contributed by atoms with Gasteiger partial charge in [0.2, 0.25) is 0 Å². The smallest absolute Gasteiger partial charge is 0.255 e. The number of amides is 1. The van der Waals surface area contributed by atoms with E-state index in [1.165, 1.54) is 12.3 Å². The number of carbonyl (C=O) groups is 1. The van der Waals surface area contributed by atoms with Crippen molar-refractivity contribution in [1.82, 2.24) is 9.88 Å². The number of hydrogen-bond acceptors (Lipinski definition) is 2. The Balaban J connectivity index is 2.27. The summed E-state index contributed by atoms with van der Waals surface area (Å²) in [5.41, 5.74) is 1.22. The van der Waals surface area contributed by atoms with E-state index in [9.17, 15) is 4.79 Å². The molecule has 3 nitrogen and oxygen atoms in total. The number of carbonyl (C=O) groups excluding carboxylic acids is 1. The molecule has 0 bridgehead atoms. The molecule has 0 radical (unpaired) electrons. The Morgan fingerprint density at radius 3 is 2.57 bits per heavy atom. The molecule has 2 aromatic rings. The molecule has 1 amide bonds. The first-order valence-corrected chi connectivity index (χ1v) is 7.50. The van der Waals surface area contributed by atoms with Gasteiger partial charge in [-0.25, -0.2) is 4.98 Å². The SMILES string of the molecule is CCN(Cc1ccccc1Cl)C(=O)c1cc(Cl)ncc1Cl. The zero-order chi connectivity index (χ0) is 15.4. The fraction of sp³-hybridized carbons (Fsp3) is 0.200. The second-order valence-corrected chi connectivity index (χ2v) is 5.60. The van der Waals surface area contributed by atoms with Crippen LogP contribution < -0.4 is 0 Å². The lowest BCUT2D eigenvalue weighted by molar-refractivity contribution is 0.0752. The van der Waals surface area contributed by atoms with Crippen molar-refractivity contribution in [2.24, 2.45) is 0 Å². The van der Waals surface area contributed by atoms with Crippen LogP contribution in [0.25, 0.3) is 0 Å². The Morgan fingerprint density at radius 2 is 1.90 bits per heavy atom. The van der Waals surface area contributed by atoms with Crippen LogP contribution in [0.5, 0.6) is 0 Å². The Kier molecular flexibility index (Phi) is 5.45. The van der Waals surface area contributed by atoms with Crippen LogP contribution in [0.15, 0.2) is 36.5 Å². The van der Waals surface area contributed by atoms with E-state index < -0.39 is 0 Å². The number of hydrogen-bond donors (Lipinski definition) is 0. The van der Waals surface area contributed by atoms with E-state index in [2.05, 4.69) is 4.98 Å². The van der Waals surface area contributed by atoms with Gasteiger partial charge in [-0.15, -0.1) is 0 Å². The van der Waals surface area contributed by atoms with Gasteiger partial charge in [0.1, 0.15) is 5.15 Å². The van der Waals surface area contributed by atoms with Crippen molar-refractivity contribution in [2.45, 2.75) is 13.5 Å². The van der Waals surface area contributed by atoms with Crippen molar-refractivity contribution in [1.29, 1.82) is 0 Å². The highest BCUT2D eigenvalue weighted by molar-refractivity contribution is 6.35. The number of pyridine rings is 1. The quantitative estimate of drug-likeness (QED) is 0.754. The highest BCUT2D eigenvalue weighted by atomic mass is 35.5. The summed E-state index contributed by atoms with van der Waals surface area (Å²) in [4.78, 5) is 18.1. The van der Waals surface area contributed by atoms with Gasteiger partial charge in [-0.2, -0.15) is 0 Å². The highest BCUT2D eigenvalue weighted by Gasteiger charge is 2.19. The maximum Gasteiger partial charge on any atom is 0.255 e. The van der Waals surface area contributed by atoms with Crippen molar-refractivity contribution in [3.63, 3.8) is 0 Å². The standard InChI is InChI=1S/C15H13Cl3N2O/c1-2-20(9-10-5-3-4-6-12(10)16)15(21)11-7-14(18)19-8-13(11)17/h3-8H,2,9H2,1H3. The van der Waals surface area contributed by atoms with E-state index in [4.69, 9.17) is 34.8 Å². The molecule has 0 saturated carbocycles. The molecular formula is C15H13Cl3N2O. The lowest BCUT2D eigenvalue weighted by atomic mass is 10.2. The second-order valence-electron chi connectivity index (χ2n) is 4.40. The summed E-state index contributed by atoms with van der Waals surface area (Å²) in [5, 5.41) is 1.14. The first-order valence-electron chi connectivity index (χ1n) is 6.36. The molecule has 6 heteroatoms. The molecule has 0 unspecified atom stereocenters. The van der Waals surface area contributed by atoms with Crippen LogP contribution in [0.1, 0.15) is 22.8 Å². The molecule has 0 atom stereocenters. The molecule has 0 aliphatic rings. The summed E-state index contributed by atoms with van der Waals surface area (Å²) in [6.45, 7) is 2.83. The molecule has 0 aliphatic carbocycles. The molecule has 0 aliphatic heterocycles. The van der Waals surface area contributed by atoms with Gasteiger partial charge >= 0.3 is 0 Å². The van der Waals surface area contributed by atoms with Gasteiger partial charge in [0.15, 0.2) is 0 Å². The average molecular weight is 344 g/mol. The lowest BCUT2D eigenvalue weighted by Gasteiger charge is -2.22. The van der Waals surface area contributed by atoms with E-state index in [-0.39, 0.29) is 16.1 Å². The zero-order valence-corrected chi connectivity index (χ0v) is 13.6. The summed E-state index contributed by atoms with van der Waals surface area (Å²) >= 11 is 18.0. The molecule has 0 spiro atoms. The number of benzene rings is 1. The monoisotopic (exact) mass is 342 g/mol. The molecule has 0 N–H and O–H groups in total. The van der Waals surface area contributed by atoms with E-state index in [1.807, 2.05) is 25.1 Å². The molecule has 1 aromatic carbocycles. The van der Waals surface area contributed by atoms with E-state index in [0.717, 1.165) is 5.56 Å². The van der Waals surface area contributed by atoms with Crippen molar-refractivity contribution in [3.8, 4) is 0 Å². The van der Waals surface area contributed by atoms with E-state index in [0.29, 0.717) is 23.7 Å². The largest absolute Gasteiger partial charge is 0.334 e. The van der Waals surface area contributed by atoms with E-state index >= 15 is 0 Å². The minimum absolute atomic E-state index is 0.202. The second kappa shape index (κ2) is 7.12. The third-order valence-electron chi connectivity index (χ3n) is 3.04. The van der Waals surface area contributed by atoms with Crippen molar-refractivity contribution in [3.05, 3.63) is 62.9 Å². The molecule has 0 fully saturated rings. The minimum Gasteiger partial charge on any atom is -0.334 e. The summed E-state index contributed by atoms with van der Waals surface area (Å²) in [5.74, 6) is -0.202. The predicted molar refractivity (Wildman–Crippen MR) is 86.1 cm³/mol. The Morgan fingerprint density at radius 1 is 1.19 bits per heavy atom. The Labute approximate surface area is 138 Å². The number of nitrogens with zero attached hydrogens (tertiary/aromatic N) is 2. The maximum atomic E-state index is 12.6. The molecule has 2 rings (SSSR count). The van der Waals surface area contributed by atoms with Gasteiger partial charge in [-0.3, -0.25) is 4.79 Å². The van der Waals surface area contributed by atoms with Gasteiger partial charge in [0, 0.05) is 24.3 Å². The summed E-state index contributed by atoms with van der Waals surface area (Å²) in [6.07, 6.45) is 1.38. The van der Waals surface area contributed by atoms with E-state index in [1.54, 1.807) is 11.0 Å². The van der Waals surface area contributed by atoms with Crippen LogP contribution in [0.3, 0.4) is 0 Å². The van der Waals surface area contributed by atoms with Gasteiger partial charge in [0.25, 0.3) is 5.91 Å². The third kappa shape index (κ3) is 3.88. The fourth-order valence-corrected chi connectivity index (χ4v) is 2.44. The summed E-state index contributed by atoms with van der Waals surface area (Å²) < 4.78 is 0. The third-order valence-corrected chi connectivity index (χ3v) is 3.92. The molecule has 0 saturated heterocycles. The Bertz CT molecular complexity index is 661. The number of rotatable bonds is 4. The average Bonchev–Trinajstić information content (AvgIpc) is 2.48. The fourth-order valence-electron chi connectivity index (χ4n) is 1.91. The van der Waals surface area contributed by atoms with Gasteiger partial charge in [-0.1, -0.05) is 53.0 Å². The predicted octanol–water partition coefficient (Wildman–Crippen LogP) is 4.70. The van der Waals surface area contributed by atoms with Crippen molar-refractivity contribution >= 4 is 40.7 Å².